The Hall–Kier alpha value is -2.87. The number of ether oxygens (including phenoxy) is 2. The fourth-order valence-corrected chi connectivity index (χ4v) is 3.59. The van der Waals surface area contributed by atoms with Crippen molar-refractivity contribution in [3.05, 3.63) is 70.3 Å². The molecule has 0 bridgehead atoms. The van der Waals surface area contributed by atoms with Crippen molar-refractivity contribution in [3.63, 3.8) is 0 Å². The van der Waals surface area contributed by atoms with Crippen LogP contribution in [0.15, 0.2) is 54.1 Å². The molecule has 1 fully saturated rings. The molecule has 7 nitrogen and oxygen atoms in total. The number of hydrogen-bond donors (Lipinski definition) is 2. The summed E-state index contributed by atoms with van der Waals surface area (Å²) >= 11 is 6.00. The largest absolute Gasteiger partial charge is 0.507 e. The van der Waals surface area contributed by atoms with E-state index in [1.807, 2.05) is 6.92 Å². The van der Waals surface area contributed by atoms with Crippen molar-refractivity contribution in [1.82, 2.24) is 4.90 Å². The Kier molecular flexibility index (Phi) is 7.68. The van der Waals surface area contributed by atoms with E-state index in [1.165, 1.54) is 4.90 Å². The fraction of sp³-hybridized carbons (Fsp3) is 0.304. The van der Waals surface area contributed by atoms with Gasteiger partial charge in [-0.25, -0.2) is 0 Å². The van der Waals surface area contributed by atoms with Crippen molar-refractivity contribution >= 4 is 29.1 Å². The number of amides is 1. The van der Waals surface area contributed by atoms with Gasteiger partial charge in [0.25, 0.3) is 11.7 Å². The minimum absolute atomic E-state index is 0.00126. The van der Waals surface area contributed by atoms with Crippen LogP contribution in [0.2, 0.25) is 5.02 Å². The van der Waals surface area contributed by atoms with Gasteiger partial charge in [0.1, 0.15) is 11.5 Å². The Morgan fingerprint density at radius 1 is 1.06 bits per heavy atom. The molecule has 8 heteroatoms. The molecular formula is C23H24ClNO6. The summed E-state index contributed by atoms with van der Waals surface area (Å²) in [4.78, 5) is 27.0. The Bertz CT molecular complexity index is 955. The molecule has 2 N–H and O–H groups in total. The SMILES string of the molecule is CCOc1ccc(/C(O)=C2\C(=O)C(=O)N(CCOCCO)C2c2ccc(Cl)cc2)cc1. The van der Waals surface area contributed by atoms with Crippen LogP contribution in [0.1, 0.15) is 24.1 Å². The molecule has 2 aromatic rings. The normalized spacial score (nSPS) is 17.9. The quantitative estimate of drug-likeness (QED) is 0.266. The number of halogens is 1. The Labute approximate surface area is 185 Å². The van der Waals surface area contributed by atoms with E-state index in [0.29, 0.717) is 28.5 Å². The third-order valence-corrected chi connectivity index (χ3v) is 5.13. The molecule has 0 spiro atoms. The summed E-state index contributed by atoms with van der Waals surface area (Å²) < 4.78 is 10.7. The molecule has 0 saturated carbocycles. The summed E-state index contributed by atoms with van der Waals surface area (Å²) in [6, 6.07) is 12.6. The highest BCUT2D eigenvalue weighted by Gasteiger charge is 2.45. The number of rotatable bonds is 9. The summed E-state index contributed by atoms with van der Waals surface area (Å²) in [6.45, 7) is 2.62. The zero-order chi connectivity index (χ0) is 22.4. The summed E-state index contributed by atoms with van der Waals surface area (Å²) in [5, 5.41) is 20.4. The van der Waals surface area contributed by atoms with Crippen molar-refractivity contribution in [3.8, 4) is 5.75 Å². The standard InChI is InChI=1S/C23H24ClNO6/c1-2-31-18-9-5-16(6-10-18)21(27)19-20(15-3-7-17(24)8-4-15)25(23(29)22(19)28)11-13-30-14-12-26/h3-10,20,26-27H,2,11-14H2,1H3/b21-19+. The van der Waals surface area contributed by atoms with Gasteiger partial charge in [-0.1, -0.05) is 23.7 Å². The van der Waals surface area contributed by atoms with Crippen LogP contribution in [0.3, 0.4) is 0 Å². The van der Waals surface area contributed by atoms with Gasteiger partial charge in [-0.05, 0) is 48.9 Å². The van der Waals surface area contributed by atoms with E-state index in [0.717, 1.165) is 0 Å². The molecule has 1 aliphatic rings. The van der Waals surface area contributed by atoms with Crippen molar-refractivity contribution < 1.29 is 29.3 Å². The zero-order valence-electron chi connectivity index (χ0n) is 17.1. The van der Waals surface area contributed by atoms with Crippen molar-refractivity contribution in [2.75, 3.05) is 33.0 Å². The number of hydrogen-bond acceptors (Lipinski definition) is 6. The van der Waals surface area contributed by atoms with E-state index in [4.69, 9.17) is 26.2 Å². The zero-order valence-corrected chi connectivity index (χ0v) is 17.8. The van der Waals surface area contributed by atoms with Gasteiger partial charge in [0.15, 0.2) is 0 Å². The number of Topliss-reactive ketones (excluding diaryl/α,β-unsaturated/α-hetero) is 1. The third kappa shape index (κ3) is 5.07. The first-order valence-corrected chi connectivity index (χ1v) is 10.3. The van der Waals surface area contributed by atoms with Gasteiger partial charge < -0.3 is 24.6 Å². The van der Waals surface area contributed by atoms with Gasteiger partial charge in [-0.2, -0.15) is 0 Å². The van der Waals surface area contributed by atoms with E-state index in [1.54, 1.807) is 48.5 Å². The molecule has 0 radical (unpaired) electrons. The average molecular weight is 446 g/mol. The minimum atomic E-state index is -0.790. The predicted molar refractivity (Wildman–Crippen MR) is 116 cm³/mol. The van der Waals surface area contributed by atoms with E-state index in [9.17, 15) is 14.7 Å². The smallest absolute Gasteiger partial charge is 0.295 e. The third-order valence-electron chi connectivity index (χ3n) is 4.88. The van der Waals surface area contributed by atoms with Crippen LogP contribution >= 0.6 is 11.6 Å². The molecule has 31 heavy (non-hydrogen) atoms. The second-order valence-corrected chi connectivity index (χ2v) is 7.27. The highest BCUT2D eigenvalue weighted by atomic mass is 35.5. The van der Waals surface area contributed by atoms with Gasteiger partial charge in [0.05, 0.1) is 38.0 Å². The Morgan fingerprint density at radius 2 is 1.74 bits per heavy atom. The molecule has 1 atom stereocenters. The summed E-state index contributed by atoms with van der Waals surface area (Å²) in [5.41, 5.74) is 1.04. The van der Waals surface area contributed by atoms with Gasteiger partial charge in [-0.15, -0.1) is 0 Å². The van der Waals surface area contributed by atoms with Crippen molar-refractivity contribution in [2.45, 2.75) is 13.0 Å². The summed E-state index contributed by atoms with van der Waals surface area (Å²) in [6.07, 6.45) is 0. The van der Waals surface area contributed by atoms with Crippen LogP contribution in [0.5, 0.6) is 5.75 Å². The maximum atomic E-state index is 12.9. The number of carbonyl (C=O) groups excluding carboxylic acids is 2. The molecule has 2 aromatic carbocycles. The van der Waals surface area contributed by atoms with Gasteiger partial charge in [0.2, 0.25) is 0 Å². The lowest BCUT2D eigenvalue weighted by Gasteiger charge is -2.25. The van der Waals surface area contributed by atoms with Gasteiger partial charge in [0, 0.05) is 17.1 Å². The van der Waals surface area contributed by atoms with Crippen LogP contribution in [0, 0.1) is 0 Å². The number of benzene rings is 2. The van der Waals surface area contributed by atoms with Crippen LogP contribution in [0.25, 0.3) is 5.76 Å². The van der Waals surface area contributed by atoms with Gasteiger partial charge >= 0.3 is 0 Å². The number of ketones is 1. The molecule has 1 aliphatic heterocycles. The van der Waals surface area contributed by atoms with E-state index in [-0.39, 0.29) is 37.7 Å². The van der Waals surface area contributed by atoms with Crippen LogP contribution in [0.4, 0.5) is 0 Å². The topological polar surface area (TPSA) is 96.3 Å². The molecule has 3 rings (SSSR count). The van der Waals surface area contributed by atoms with Crippen molar-refractivity contribution in [2.24, 2.45) is 0 Å². The first-order valence-electron chi connectivity index (χ1n) is 9.93. The molecular weight excluding hydrogens is 422 g/mol. The van der Waals surface area contributed by atoms with E-state index in [2.05, 4.69) is 0 Å². The Balaban J connectivity index is 2.02. The van der Waals surface area contributed by atoms with Crippen LogP contribution < -0.4 is 4.74 Å². The first-order chi connectivity index (χ1) is 15.0. The van der Waals surface area contributed by atoms with Gasteiger partial charge in [-0.3, -0.25) is 9.59 Å². The number of carbonyl (C=O) groups is 2. The maximum Gasteiger partial charge on any atom is 0.295 e. The summed E-state index contributed by atoms with van der Waals surface area (Å²) in [7, 11) is 0. The lowest BCUT2D eigenvalue weighted by molar-refractivity contribution is -0.140. The lowest BCUT2D eigenvalue weighted by atomic mass is 9.95. The first kappa shape index (κ1) is 22.8. The molecule has 0 aliphatic carbocycles. The van der Waals surface area contributed by atoms with Crippen LogP contribution in [-0.2, 0) is 14.3 Å². The highest BCUT2D eigenvalue weighted by Crippen LogP contribution is 2.39. The highest BCUT2D eigenvalue weighted by molar-refractivity contribution is 6.46. The molecule has 0 aromatic heterocycles. The number of nitrogens with zero attached hydrogens (tertiary/aromatic N) is 1. The molecule has 164 valence electrons. The molecule has 1 amide bonds. The predicted octanol–water partition coefficient (Wildman–Crippen LogP) is 3.17. The monoisotopic (exact) mass is 445 g/mol. The molecule has 1 unspecified atom stereocenters. The van der Waals surface area contributed by atoms with E-state index < -0.39 is 17.7 Å². The number of likely N-dealkylation sites (tertiary alicyclic amines) is 1. The Morgan fingerprint density at radius 3 is 2.35 bits per heavy atom. The molecule has 1 heterocycles. The minimum Gasteiger partial charge on any atom is -0.507 e. The van der Waals surface area contributed by atoms with Crippen LogP contribution in [-0.4, -0.2) is 59.8 Å². The molecule has 1 saturated heterocycles. The second kappa shape index (κ2) is 10.4. The summed E-state index contributed by atoms with van der Waals surface area (Å²) in [5.74, 6) is -1.12. The number of aliphatic hydroxyl groups excluding tert-OH is 2. The second-order valence-electron chi connectivity index (χ2n) is 6.84. The number of aliphatic hydroxyl groups is 2. The fourth-order valence-electron chi connectivity index (χ4n) is 3.46. The maximum absolute atomic E-state index is 12.9. The van der Waals surface area contributed by atoms with E-state index >= 15 is 0 Å². The average Bonchev–Trinajstić information content (AvgIpc) is 3.02. The van der Waals surface area contributed by atoms with Crippen molar-refractivity contribution in [1.29, 1.82) is 0 Å². The lowest BCUT2D eigenvalue weighted by Crippen LogP contribution is -2.33.